The molecule has 0 radical (unpaired) electrons. The van der Waals surface area contributed by atoms with E-state index in [2.05, 4.69) is 15.5 Å². The molecular formula is C13H16N4OS. The molecule has 100 valence electrons. The molecule has 0 saturated carbocycles. The van der Waals surface area contributed by atoms with Crippen molar-refractivity contribution in [2.75, 3.05) is 0 Å². The Morgan fingerprint density at radius 1 is 1.47 bits per heavy atom. The zero-order valence-corrected chi connectivity index (χ0v) is 11.9. The first-order valence-corrected chi connectivity index (χ1v) is 6.39. The number of aryl methyl sites for hydroxylation is 1. The summed E-state index contributed by atoms with van der Waals surface area (Å²) in [4.78, 5) is 12.2. The van der Waals surface area contributed by atoms with E-state index >= 15 is 0 Å². The number of amides is 1. The van der Waals surface area contributed by atoms with Gasteiger partial charge < -0.3 is 9.88 Å². The van der Waals surface area contributed by atoms with Gasteiger partial charge in [-0.05, 0) is 37.7 Å². The first-order chi connectivity index (χ1) is 9.00. The molecule has 0 aliphatic heterocycles. The van der Waals surface area contributed by atoms with Crippen molar-refractivity contribution in [2.45, 2.75) is 19.9 Å². The fourth-order valence-electron chi connectivity index (χ4n) is 1.91. The maximum atomic E-state index is 12.2. The summed E-state index contributed by atoms with van der Waals surface area (Å²) >= 11 is 5.05. The minimum Gasteiger partial charge on any atom is -0.342 e. The van der Waals surface area contributed by atoms with Crippen LogP contribution in [0.3, 0.4) is 0 Å². The Labute approximate surface area is 116 Å². The minimum absolute atomic E-state index is 0.112. The Bertz CT molecular complexity index is 659. The molecule has 0 spiro atoms. The number of aromatic amines is 1. The highest BCUT2D eigenvalue weighted by molar-refractivity contribution is 7.71. The molecule has 1 atom stereocenters. The average Bonchev–Trinajstić information content (AvgIpc) is 2.70. The summed E-state index contributed by atoms with van der Waals surface area (Å²) in [6, 6.07) is 7.26. The molecule has 0 unspecified atom stereocenters. The predicted molar refractivity (Wildman–Crippen MR) is 75.5 cm³/mol. The van der Waals surface area contributed by atoms with E-state index in [1.165, 1.54) is 0 Å². The standard InChI is InChI=1S/C13H16N4OS/c1-8-6-4-5-7-10(8)12(18)14-9(2)11-15-16-13(19)17(11)3/h4-7,9H,1-3H3,(H,14,18)(H,16,19)/t9-/m1/s1. The third kappa shape index (κ3) is 2.73. The van der Waals surface area contributed by atoms with Crippen LogP contribution in [-0.2, 0) is 7.05 Å². The summed E-state index contributed by atoms with van der Waals surface area (Å²) < 4.78 is 2.28. The number of carbonyl (C=O) groups is 1. The number of carbonyl (C=O) groups excluding carboxylic acids is 1. The van der Waals surface area contributed by atoms with Crippen LogP contribution in [0.5, 0.6) is 0 Å². The fourth-order valence-corrected chi connectivity index (χ4v) is 2.05. The maximum Gasteiger partial charge on any atom is 0.252 e. The number of nitrogens with zero attached hydrogens (tertiary/aromatic N) is 2. The molecule has 0 fully saturated rings. The molecular weight excluding hydrogens is 260 g/mol. The van der Waals surface area contributed by atoms with Gasteiger partial charge in [0.25, 0.3) is 5.91 Å². The maximum absolute atomic E-state index is 12.2. The number of hydrogen-bond donors (Lipinski definition) is 2. The Hall–Kier alpha value is -1.95. The fraction of sp³-hybridized carbons (Fsp3) is 0.308. The Kier molecular flexibility index (Phi) is 3.80. The second kappa shape index (κ2) is 5.36. The number of nitrogens with one attached hydrogen (secondary N) is 2. The smallest absolute Gasteiger partial charge is 0.252 e. The van der Waals surface area contributed by atoms with Crippen molar-refractivity contribution in [3.05, 3.63) is 46.0 Å². The van der Waals surface area contributed by atoms with Crippen LogP contribution in [0.1, 0.15) is 34.7 Å². The number of H-pyrrole nitrogens is 1. The predicted octanol–water partition coefficient (Wildman–Crippen LogP) is 2.28. The molecule has 5 nitrogen and oxygen atoms in total. The van der Waals surface area contributed by atoms with E-state index in [0.717, 1.165) is 5.56 Å². The highest BCUT2D eigenvalue weighted by Crippen LogP contribution is 2.12. The van der Waals surface area contributed by atoms with Crippen LogP contribution in [0.4, 0.5) is 0 Å². The number of rotatable bonds is 3. The van der Waals surface area contributed by atoms with Crippen LogP contribution >= 0.6 is 12.2 Å². The molecule has 6 heteroatoms. The quantitative estimate of drug-likeness (QED) is 0.845. The second-order valence-corrected chi connectivity index (χ2v) is 4.84. The van der Waals surface area contributed by atoms with Crippen LogP contribution in [0.2, 0.25) is 0 Å². The molecule has 0 aliphatic carbocycles. The van der Waals surface area contributed by atoms with Gasteiger partial charge >= 0.3 is 0 Å². The number of hydrogen-bond acceptors (Lipinski definition) is 3. The van der Waals surface area contributed by atoms with Gasteiger partial charge in [0.15, 0.2) is 10.6 Å². The van der Waals surface area contributed by atoms with Crippen molar-refractivity contribution >= 4 is 18.1 Å². The number of aromatic nitrogens is 3. The van der Waals surface area contributed by atoms with E-state index in [1.807, 2.05) is 39.1 Å². The topological polar surface area (TPSA) is 62.7 Å². The normalized spacial score (nSPS) is 12.2. The van der Waals surface area contributed by atoms with Crippen LogP contribution in [0, 0.1) is 11.7 Å². The molecule has 2 aromatic rings. The molecule has 2 N–H and O–H groups in total. The summed E-state index contributed by atoms with van der Waals surface area (Å²) in [5.41, 5.74) is 1.62. The lowest BCUT2D eigenvalue weighted by molar-refractivity contribution is 0.0937. The molecule has 1 aromatic heterocycles. The third-order valence-corrected chi connectivity index (χ3v) is 3.40. The second-order valence-electron chi connectivity index (χ2n) is 4.46. The molecule has 0 bridgehead atoms. The highest BCUT2D eigenvalue weighted by atomic mass is 32.1. The summed E-state index contributed by atoms with van der Waals surface area (Å²) in [5.74, 6) is 0.589. The van der Waals surface area contributed by atoms with Crippen molar-refractivity contribution in [1.82, 2.24) is 20.1 Å². The summed E-state index contributed by atoms with van der Waals surface area (Å²) in [5, 5.41) is 9.74. The number of benzene rings is 1. The first kappa shape index (κ1) is 13.5. The SMILES string of the molecule is Cc1ccccc1C(=O)N[C@H](C)c1n[nH]c(=S)n1C. The van der Waals surface area contributed by atoms with Crippen LogP contribution in [0.15, 0.2) is 24.3 Å². The van der Waals surface area contributed by atoms with E-state index in [9.17, 15) is 4.79 Å². The summed E-state index contributed by atoms with van der Waals surface area (Å²) in [7, 11) is 1.82. The van der Waals surface area contributed by atoms with E-state index in [4.69, 9.17) is 12.2 Å². The average molecular weight is 276 g/mol. The van der Waals surface area contributed by atoms with Crippen molar-refractivity contribution < 1.29 is 4.79 Å². The van der Waals surface area contributed by atoms with Crippen LogP contribution in [0.25, 0.3) is 0 Å². The molecule has 2 rings (SSSR count). The van der Waals surface area contributed by atoms with Gasteiger partial charge in [0, 0.05) is 12.6 Å². The highest BCUT2D eigenvalue weighted by Gasteiger charge is 2.16. The van der Waals surface area contributed by atoms with Crippen molar-refractivity contribution in [1.29, 1.82) is 0 Å². The van der Waals surface area contributed by atoms with Crippen molar-refractivity contribution in [3.8, 4) is 0 Å². The monoisotopic (exact) mass is 276 g/mol. The van der Waals surface area contributed by atoms with Gasteiger partial charge in [-0.2, -0.15) is 5.10 Å². The zero-order chi connectivity index (χ0) is 14.0. The largest absolute Gasteiger partial charge is 0.342 e. The van der Waals surface area contributed by atoms with Gasteiger partial charge in [-0.25, -0.2) is 0 Å². The molecule has 1 amide bonds. The summed E-state index contributed by atoms with van der Waals surface area (Å²) in [6.07, 6.45) is 0. The molecule has 1 aromatic carbocycles. The van der Waals surface area contributed by atoms with Gasteiger partial charge in [-0.15, -0.1) is 0 Å². The van der Waals surface area contributed by atoms with Gasteiger partial charge in [0.05, 0.1) is 6.04 Å². The molecule has 0 aliphatic rings. The minimum atomic E-state index is -0.218. The molecule has 1 heterocycles. The van der Waals surface area contributed by atoms with Crippen LogP contribution < -0.4 is 5.32 Å². The third-order valence-electron chi connectivity index (χ3n) is 3.04. The van der Waals surface area contributed by atoms with E-state index in [-0.39, 0.29) is 11.9 Å². The van der Waals surface area contributed by atoms with E-state index in [1.54, 1.807) is 10.6 Å². The Balaban J connectivity index is 2.18. The van der Waals surface area contributed by atoms with E-state index < -0.39 is 0 Å². The van der Waals surface area contributed by atoms with Crippen molar-refractivity contribution in [2.24, 2.45) is 7.05 Å². The van der Waals surface area contributed by atoms with Gasteiger partial charge in [0.1, 0.15) is 0 Å². The van der Waals surface area contributed by atoms with Crippen LogP contribution in [-0.4, -0.2) is 20.7 Å². The summed E-state index contributed by atoms with van der Waals surface area (Å²) in [6.45, 7) is 3.79. The Morgan fingerprint density at radius 3 is 2.74 bits per heavy atom. The van der Waals surface area contributed by atoms with Gasteiger partial charge in [-0.3, -0.25) is 9.89 Å². The lowest BCUT2D eigenvalue weighted by Gasteiger charge is -2.14. The Morgan fingerprint density at radius 2 is 2.16 bits per heavy atom. The van der Waals surface area contributed by atoms with Crippen molar-refractivity contribution in [3.63, 3.8) is 0 Å². The van der Waals surface area contributed by atoms with Gasteiger partial charge in [0.2, 0.25) is 0 Å². The molecule has 0 saturated heterocycles. The van der Waals surface area contributed by atoms with Gasteiger partial charge in [-0.1, -0.05) is 18.2 Å². The zero-order valence-electron chi connectivity index (χ0n) is 11.1. The lowest BCUT2D eigenvalue weighted by Crippen LogP contribution is -2.29. The van der Waals surface area contributed by atoms with E-state index in [0.29, 0.717) is 16.2 Å². The molecule has 19 heavy (non-hydrogen) atoms. The first-order valence-electron chi connectivity index (χ1n) is 5.98. The lowest BCUT2D eigenvalue weighted by atomic mass is 10.1.